The summed E-state index contributed by atoms with van der Waals surface area (Å²) in [5, 5.41) is 8.19. The monoisotopic (exact) mass is 391 g/mol. The second-order valence-corrected chi connectivity index (χ2v) is 8.77. The van der Waals surface area contributed by atoms with E-state index in [2.05, 4.69) is 15.6 Å². The first-order valence-corrected chi connectivity index (χ1v) is 10.1. The zero-order valence-corrected chi connectivity index (χ0v) is 16.5. The van der Waals surface area contributed by atoms with Crippen molar-refractivity contribution in [1.29, 1.82) is 0 Å². The van der Waals surface area contributed by atoms with Gasteiger partial charge in [-0.05, 0) is 43.0 Å². The van der Waals surface area contributed by atoms with Crippen LogP contribution in [0.1, 0.15) is 31.9 Å². The summed E-state index contributed by atoms with van der Waals surface area (Å²) in [4.78, 5) is 31.8. The molecule has 0 saturated heterocycles. The fraction of sp³-hybridized carbons (Fsp3) is 0.235. The molecule has 2 amide bonds. The van der Waals surface area contributed by atoms with Crippen LogP contribution in [0.3, 0.4) is 0 Å². The fourth-order valence-corrected chi connectivity index (χ4v) is 4.95. The van der Waals surface area contributed by atoms with Gasteiger partial charge in [0.15, 0.2) is 5.13 Å². The molecule has 130 valence electrons. The molecule has 5 nitrogen and oxygen atoms in total. The summed E-state index contributed by atoms with van der Waals surface area (Å²) in [6.07, 6.45) is 0. The lowest BCUT2D eigenvalue weighted by Crippen LogP contribution is -2.17. The Morgan fingerprint density at radius 1 is 1.16 bits per heavy atom. The van der Waals surface area contributed by atoms with Crippen LogP contribution >= 0.6 is 34.0 Å². The average molecular weight is 392 g/mol. The zero-order valence-electron chi connectivity index (χ0n) is 14.0. The fourth-order valence-electron chi connectivity index (χ4n) is 2.25. The number of hydrogen-bond acceptors (Lipinski definition) is 6. The van der Waals surface area contributed by atoms with Crippen LogP contribution in [-0.4, -0.2) is 16.8 Å². The molecule has 0 fully saturated rings. The molecule has 0 aliphatic carbocycles. The predicted molar refractivity (Wildman–Crippen MR) is 105 cm³/mol. The number of thiazole rings is 1. The molecule has 0 bridgehead atoms. The highest BCUT2D eigenvalue weighted by molar-refractivity contribution is 7.18. The Morgan fingerprint density at radius 3 is 2.64 bits per heavy atom. The molecule has 0 aliphatic heterocycles. The topological polar surface area (TPSA) is 71.1 Å². The number of amides is 2. The number of aryl methyl sites for hydroxylation is 2. The van der Waals surface area contributed by atoms with Crippen molar-refractivity contribution in [3.63, 3.8) is 0 Å². The lowest BCUT2D eigenvalue weighted by Gasteiger charge is -1.99. The van der Waals surface area contributed by atoms with E-state index in [0.717, 1.165) is 25.9 Å². The van der Waals surface area contributed by atoms with Crippen molar-refractivity contribution >= 4 is 51.0 Å². The molecule has 3 aromatic rings. The van der Waals surface area contributed by atoms with Crippen LogP contribution in [0.4, 0.5) is 5.13 Å². The minimum Gasteiger partial charge on any atom is -0.351 e. The van der Waals surface area contributed by atoms with Gasteiger partial charge >= 0.3 is 0 Å². The Labute approximate surface area is 157 Å². The van der Waals surface area contributed by atoms with Crippen LogP contribution in [-0.2, 0) is 11.3 Å². The van der Waals surface area contributed by atoms with Gasteiger partial charge in [-0.2, -0.15) is 0 Å². The molecular weight excluding hydrogens is 374 g/mol. The van der Waals surface area contributed by atoms with E-state index in [1.807, 2.05) is 37.4 Å². The first-order valence-electron chi connectivity index (χ1n) is 7.60. The standard InChI is InChI=1S/C17H17N3O2S3/c1-9-6-7-23-15(9)16(22)20-17-19-14(10(2)24-17)13-5-4-12(25-13)8-18-11(3)21/h4-7H,8H2,1-3H3,(H,18,21)(H,19,20,22). The number of aromatic nitrogens is 1. The highest BCUT2D eigenvalue weighted by Gasteiger charge is 2.16. The molecule has 0 radical (unpaired) electrons. The molecule has 0 atom stereocenters. The Kier molecular flexibility index (Phi) is 5.31. The van der Waals surface area contributed by atoms with Crippen LogP contribution < -0.4 is 10.6 Å². The summed E-state index contributed by atoms with van der Waals surface area (Å²) in [5.41, 5.74) is 1.85. The van der Waals surface area contributed by atoms with Gasteiger partial charge in [0.25, 0.3) is 5.91 Å². The number of nitrogens with one attached hydrogen (secondary N) is 2. The summed E-state index contributed by atoms with van der Waals surface area (Å²) >= 11 is 4.49. The Morgan fingerprint density at radius 2 is 1.96 bits per heavy atom. The number of hydrogen-bond donors (Lipinski definition) is 2. The number of carbonyl (C=O) groups excluding carboxylic acids is 2. The molecule has 2 N–H and O–H groups in total. The molecule has 0 spiro atoms. The van der Waals surface area contributed by atoms with E-state index < -0.39 is 0 Å². The normalized spacial score (nSPS) is 10.7. The second-order valence-electron chi connectivity index (χ2n) is 5.49. The number of rotatable bonds is 5. The minimum absolute atomic E-state index is 0.0475. The van der Waals surface area contributed by atoms with Gasteiger partial charge in [0.05, 0.1) is 22.0 Å². The van der Waals surface area contributed by atoms with Crippen LogP contribution in [0.2, 0.25) is 0 Å². The van der Waals surface area contributed by atoms with Crippen molar-refractivity contribution in [2.45, 2.75) is 27.3 Å². The summed E-state index contributed by atoms with van der Waals surface area (Å²) in [6, 6.07) is 5.92. The van der Waals surface area contributed by atoms with Crippen LogP contribution in [0.15, 0.2) is 23.6 Å². The molecule has 3 heterocycles. The van der Waals surface area contributed by atoms with Gasteiger partial charge < -0.3 is 5.32 Å². The molecule has 25 heavy (non-hydrogen) atoms. The average Bonchev–Trinajstić information content (AvgIpc) is 3.25. The Bertz CT molecular complexity index is 923. The molecule has 3 rings (SSSR count). The quantitative estimate of drug-likeness (QED) is 0.675. The van der Waals surface area contributed by atoms with Gasteiger partial charge in [0.2, 0.25) is 5.91 Å². The molecular formula is C17H17N3O2S3. The van der Waals surface area contributed by atoms with Crippen molar-refractivity contribution in [2.75, 3.05) is 5.32 Å². The maximum atomic E-state index is 12.3. The number of anilines is 1. The number of nitrogens with zero attached hydrogens (tertiary/aromatic N) is 1. The summed E-state index contributed by atoms with van der Waals surface area (Å²) in [6.45, 7) is 5.94. The van der Waals surface area contributed by atoms with E-state index in [-0.39, 0.29) is 11.8 Å². The molecule has 3 aromatic heterocycles. The third-order valence-corrected chi connectivity index (χ3v) is 6.49. The predicted octanol–water partition coefficient (Wildman–Crippen LogP) is 4.44. The van der Waals surface area contributed by atoms with Gasteiger partial charge in [-0.3, -0.25) is 14.9 Å². The van der Waals surface area contributed by atoms with Crippen molar-refractivity contribution in [2.24, 2.45) is 0 Å². The minimum atomic E-state index is -0.120. The Hall–Kier alpha value is -2.03. The van der Waals surface area contributed by atoms with Crippen LogP contribution in [0.5, 0.6) is 0 Å². The van der Waals surface area contributed by atoms with E-state index in [9.17, 15) is 9.59 Å². The van der Waals surface area contributed by atoms with Gasteiger partial charge in [0.1, 0.15) is 0 Å². The van der Waals surface area contributed by atoms with Crippen molar-refractivity contribution in [3.05, 3.63) is 43.8 Å². The number of carbonyl (C=O) groups is 2. The van der Waals surface area contributed by atoms with E-state index in [1.54, 1.807) is 11.3 Å². The second kappa shape index (κ2) is 7.47. The van der Waals surface area contributed by atoms with Crippen molar-refractivity contribution in [3.8, 4) is 10.6 Å². The van der Waals surface area contributed by atoms with E-state index >= 15 is 0 Å². The van der Waals surface area contributed by atoms with Gasteiger partial charge in [-0.25, -0.2) is 4.98 Å². The maximum Gasteiger partial charge on any atom is 0.267 e. The third-order valence-electron chi connectivity index (χ3n) is 3.49. The van der Waals surface area contributed by atoms with Gasteiger partial charge in [0, 0.05) is 16.7 Å². The molecule has 8 heteroatoms. The molecule has 0 unspecified atom stereocenters. The number of thiophene rings is 2. The first kappa shape index (κ1) is 17.8. The molecule has 0 saturated carbocycles. The third kappa shape index (κ3) is 4.15. The zero-order chi connectivity index (χ0) is 18.0. The molecule has 0 aromatic carbocycles. The summed E-state index contributed by atoms with van der Waals surface area (Å²) < 4.78 is 0. The van der Waals surface area contributed by atoms with E-state index in [0.29, 0.717) is 16.6 Å². The smallest absolute Gasteiger partial charge is 0.267 e. The SMILES string of the molecule is CC(=O)NCc1ccc(-c2nc(NC(=O)c3sccc3C)sc2C)s1. The lowest BCUT2D eigenvalue weighted by atomic mass is 10.3. The van der Waals surface area contributed by atoms with Crippen molar-refractivity contribution < 1.29 is 9.59 Å². The Balaban J connectivity index is 1.75. The largest absolute Gasteiger partial charge is 0.351 e. The van der Waals surface area contributed by atoms with Gasteiger partial charge in [-0.15, -0.1) is 34.0 Å². The van der Waals surface area contributed by atoms with E-state index in [4.69, 9.17) is 0 Å². The summed E-state index contributed by atoms with van der Waals surface area (Å²) in [7, 11) is 0. The van der Waals surface area contributed by atoms with Gasteiger partial charge in [-0.1, -0.05) is 0 Å². The lowest BCUT2D eigenvalue weighted by molar-refractivity contribution is -0.119. The van der Waals surface area contributed by atoms with Crippen molar-refractivity contribution in [1.82, 2.24) is 10.3 Å². The van der Waals surface area contributed by atoms with Crippen LogP contribution in [0.25, 0.3) is 10.6 Å². The highest BCUT2D eigenvalue weighted by atomic mass is 32.1. The summed E-state index contributed by atoms with van der Waals surface area (Å²) in [5.74, 6) is -0.168. The first-order chi connectivity index (χ1) is 11.9. The van der Waals surface area contributed by atoms with Crippen LogP contribution in [0, 0.1) is 13.8 Å². The highest BCUT2D eigenvalue weighted by Crippen LogP contribution is 2.35. The molecule has 0 aliphatic rings. The van der Waals surface area contributed by atoms with E-state index in [1.165, 1.54) is 29.6 Å². The maximum absolute atomic E-state index is 12.3.